The van der Waals surface area contributed by atoms with Crippen LogP contribution >= 0.6 is 0 Å². The molecule has 16 heteroatoms. The first-order chi connectivity index (χ1) is 10.1. The summed E-state index contributed by atoms with van der Waals surface area (Å²) in [5.74, 6) is -42.4. The largest absolute Gasteiger partial charge is 0.479 e. The maximum atomic E-state index is 12.9. The van der Waals surface area contributed by atoms with E-state index in [1.54, 1.807) is 0 Å². The van der Waals surface area contributed by atoms with Crippen LogP contribution in [-0.2, 0) is 4.79 Å². The molecule has 0 aromatic heterocycles. The number of aliphatic hydroxyl groups is 1. The van der Waals surface area contributed by atoms with Crippen LogP contribution in [0.2, 0.25) is 0 Å². The average Bonchev–Trinajstić information content (AvgIpc) is 2.35. The van der Waals surface area contributed by atoms with E-state index in [9.17, 15) is 61.9 Å². The number of aliphatic hydroxyl groups excluding tert-OH is 1. The number of carboxylic acids is 1. The normalized spacial score (nSPS) is 16.9. The lowest BCUT2D eigenvalue weighted by Crippen LogP contribution is -2.72. The monoisotopic (exact) mass is 394 g/mol. The van der Waals surface area contributed by atoms with Gasteiger partial charge in [0.25, 0.3) is 0 Å². The minimum atomic E-state index is -8.14. The first-order valence-electron chi connectivity index (χ1n) is 4.97. The van der Waals surface area contributed by atoms with Crippen molar-refractivity contribution in [1.29, 1.82) is 0 Å². The SMILES string of the molecule is O=C(O)C(O)C(F)(F)C(F)(F)C(F)(F)C(F)(F)C(F)(F)C(F)(F)F. The zero-order valence-corrected chi connectivity index (χ0v) is 10.3. The summed E-state index contributed by atoms with van der Waals surface area (Å²) in [5, 5.41) is 16.0. The summed E-state index contributed by atoms with van der Waals surface area (Å²) in [5.41, 5.74) is 0. The van der Waals surface area contributed by atoms with Crippen LogP contribution in [0, 0.1) is 0 Å². The molecular formula is C8H3F13O3. The third kappa shape index (κ3) is 2.73. The molecule has 0 saturated carbocycles. The number of hydrogen-bond donors (Lipinski definition) is 2. The number of carbonyl (C=O) groups is 1. The van der Waals surface area contributed by atoms with E-state index >= 15 is 0 Å². The highest BCUT2D eigenvalue weighted by atomic mass is 19.4. The molecule has 0 heterocycles. The number of carboxylic acid groups (broad SMARTS) is 1. The van der Waals surface area contributed by atoms with Gasteiger partial charge < -0.3 is 10.2 Å². The molecule has 0 radical (unpaired) electrons. The van der Waals surface area contributed by atoms with Crippen LogP contribution in [0.1, 0.15) is 0 Å². The fourth-order valence-corrected chi connectivity index (χ4v) is 1.11. The second-order valence-electron chi connectivity index (χ2n) is 4.16. The molecule has 144 valence electrons. The zero-order chi connectivity index (χ0) is 20.2. The molecular weight excluding hydrogens is 391 g/mol. The molecule has 0 spiro atoms. The molecule has 24 heavy (non-hydrogen) atoms. The lowest BCUT2D eigenvalue weighted by Gasteiger charge is -2.40. The lowest BCUT2D eigenvalue weighted by atomic mass is 9.91. The van der Waals surface area contributed by atoms with Gasteiger partial charge in [0.1, 0.15) is 0 Å². The van der Waals surface area contributed by atoms with Gasteiger partial charge in [-0.2, -0.15) is 57.1 Å². The van der Waals surface area contributed by atoms with Crippen molar-refractivity contribution in [2.75, 3.05) is 0 Å². The third-order valence-corrected chi connectivity index (χ3v) is 2.53. The number of halogens is 13. The van der Waals surface area contributed by atoms with Crippen molar-refractivity contribution in [3.8, 4) is 0 Å². The molecule has 0 fully saturated rings. The van der Waals surface area contributed by atoms with Gasteiger partial charge in [-0.15, -0.1) is 0 Å². The van der Waals surface area contributed by atoms with E-state index in [-0.39, 0.29) is 0 Å². The lowest BCUT2D eigenvalue weighted by molar-refractivity contribution is -0.443. The minimum Gasteiger partial charge on any atom is -0.479 e. The number of aliphatic carboxylic acids is 1. The average molecular weight is 394 g/mol. The van der Waals surface area contributed by atoms with Gasteiger partial charge in [0, 0.05) is 0 Å². The molecule has 2 N–H and O–H groups in total. The summed E-state index contributed by atoms with van der Waals surface area (Å²) in [4.78, 5) is 9.90. The fraction of sp³-hybridized carbons (Fsp3) is 0.875. The predicted octanol–water partition coefficient (Wildman–Crippen LogP) is 3.17. The Morgan fingerprint density at radius 3 is 1.17 bits per heavy atom. The van der Waals surface area contributed by atoms with Crippen LogP contribution in [0.5, 0.6) is 0 Å². The molecule has 0 aromatic rings. The van der Waals surface area contributed by atoms with E-state index in [4.69, 9.17) is 10.2 Å². The van der Waals surface area contributed by atoms with Crippen LogP contribution < -0.4 is 0 Å². The molecule has 0 aliphatic rings. The van der Waals surface area contributed by atoms with Crippen LogP contribution in [0.4, 0.5) is 57.1 Å². The topological polar surface area (TPSA) is 57.5 Å². The Labute approximate surface area is 121 Å². The molecule has 0 aliphatic carbocycles. The number of hydrogen-bond acceptors (Lipinski definition) is 2. The van der Waals surface area contributed by atoms with Crippen molar-refractivity contribution >= 4 is 5.97 Å². The minimum absolute atomic E-state index is 3.37. The Bertz CT molecular complexity index is 494. The van der Waals surface area contributed by atoms with Crippen LogP contribution in [0.3, 0.4) is 0 Å². The van der Waals surface area contributed by atoms with Gasteiger partial charge in [0.2, 0.25) is 6.10 Å². The van der Waals surface area contributed by atoms with Crippen molar-refractivity contribution in [2.24, 2.45) is 0 Å². The van der Waals surface area contributed by atoms with E-state index < -0.39 is 47.9 Å². The Morgan fingerprint density at radius 2 is 0.917 bits per heavy atom. The maximum Gasteiger partial charge on any atom is 0.460 e. The maximum absolute atomic E-state index is 12.9. The van der Waals surface area contributed by atoms with Gasteiger partial charge in [-0.3, -0.25) is 0 Å². The van der Waals surface area contributed by atoms with Gasteiger partial charge in [0.05, 0.1) is 0 Å². The fourth-order valence-electron chi connectivity index (χ4n) is 1.11. The van der Waals surface area contributed by atoms with E-state index in [1.807, 2.05) is 0 Å². The Kier molecular flexibility index (Phi) is 5.18. The zero-order valence-electron chi connectivity index (χ0n) is 10.3. The van der Waals surface area contributed by atoms with E-state index in [2.05, 4.69) is 0 Å². The summed E-state index contributed by atoms with van der Waals surface area (Å²) in [6, 6.07) is 0. The van der Waals surface area contributed by atoms with Crippen molar-refractivity contribution in [1.82, 2.24) is 0 Å². The number of alkyl halides is 13. The van der Waals surface area contributed by atoms with Gasteiger partial charge in [-0.05, 0) is 0 Å². The van der Waals surface area contributed by atoms with Crippen LogP contribution in [-0.4, -0.2) is 58.1 Å². The van der Waals surface area contributed by atoms with Gasteiger partial charge in [-0.25, -0.2) is 4.79 Å². The predicted molar refractivity (Wildman–Crippen MR) is 44.4 cm³/mol. The highest BCUT2D eigenvalue weighted by molar-refractivity contribution is 5.73. The summed E-state index contributed by atoms with van der Waals surface area (Å²) in [6.07, 6.45) is -12.4. The molecule has 0 rings (SSSR count). The third-order valence-electron chi connectivity index (χ3n) is 2.53. The van der Waals surface area contributed by atoms with E-state index in [0.717, 1.165) is 0 Å². The highest BCUT2D eigenvalue weighted by Crippen LogP contribution is 2.60. The Balaban J connectivity index is 6.36. The summed E-state index contributed by atoms with van der Waals surface area (Å²) in [7, 11) is 0. The highest BCUT2D eigenvalue weighted by Gasteiger charge is 2.91. The van der Waals surface area contributed by atoms with Crippen molar-refractivity contribution in [3.05, 3.63) is 0 Å². The standard InChI is InChI=1S/C8H3F13O3/c9-3(10,1(22)2(23)24)4(11,12)5(13,14)6(15,16)7(17,18)8(19,20)21/h1,22H,(H,23,24). The van der Waals surface area contributed by atoms with Gasteiger partial charge in [-0.1, -0.05) is 0 Å². The van der Waals surface area contributed by atoms with Crippen molar-refractivity contribution in [3.63, 3.8) is 0 Å². The van der Waals surface area contributed by atoms with Gasteiger partial charge >= 0.3 is 41.8 Å². The summed E-state index contributed by atoms with van der Waals surface area (Å²) >= 11 is 0. The smallest absolute Gasteiger partial charge is 0.460 e. The Morgan fingerprint density at radius 1 is 0.625 bits per heavy atom. The quantitative estimate of drug-likeness (QED) is 0.681. The molecule has 0 amide bonds. The summed E-state index contributed by atoms with van der Waals surface area (Å²) in [6.45, 7) is 0. The molecule has 1 unspecified atom stereocenters. The molecule has 0 aliphatic heterocycles. The van der Waals surface area contributed by atoms with Crippen LogP contribution in [0.15, 0.2) is 0 Å². The molecule has 3 nitrogen and oxygen atoms in total. The molecule has 0 saturated heterocycles. The molecule has 0 bridgehead atoms. The Hall–Kier alpha value is -1.48. The first-order valence-corrected chi connectivity index (χ1v) is 4.97. The number of rotatable bonds is 6. The van der Waals surface area contributed by atoms with E-state index in [0.29, 0.717) is 0 Å². The van der Waals surface area contributed by atoms with Crippen molar-refractivity contribution < 1.29 is 72.1 Å². The van der Waals surface area contributed by atoms with E-state index in [1.165, 1.54) is 0 Å². The molecule has 0 aromatic carbocycles. The second-order valence-corrected chi connectivity index (χ2v) is 4.16. The second kappa shape index (κ2) is 5.52. The molecule has 1 atom stereocenters. The van der Waals surface area contributed by atoms with Crippen LogP contribution in [0.25, 0.3) is 0 Å². The first kappa shape index (κ1) is 22.5. The van der Waals surface area contributed by atoms with Crippen molar-refractivity contribution in [2.45, 2.75) is 41.9 Å². The van der Waals surface area contributed by atoms with Gasteiger partial charge in [0.15, 0.2) is 0 Å². The summed E-state index contributed by atoms with van der Waals surface area (Å²) < 4.78 is 162.